The molecule has 1 aliphatic rings. The van der Waals surface area contributed by atoms with Crippen LogP contribution in [0.1, 0.15) is 29.7 Å². The molecule has 8 nitrogen and oxygen atoms in total. The van der Waals surface area contributed by atoms with E-state index in [1.807, 2.05) is 6.07 Å². The molecule has 0 radical (unpaired) electrons. The number of hydrogen-bond acceptors (Lipinski definition) is 7. The summed E-state index contributed by atoms with van der Waals surface area (Å²) in [7, 11) is -3.70. The van der Waals surface area contributed by atoms with Crippen molar-refractivity contribution in [1.29, 1.82) is 0 Å². The summed E-state index contributed by atoms with van der Waals surface area (Å²) in [5, 5.41) is 3.92. The number of likely N-dealkylation sites (tertiary alicyclic amines) is 1. The first kappa shape index (κ1) is 26.1. The molecule has 3 aromatic heterocycles. The van der Waals surface area contributed by atoms with E-state index in [-0.39, 0.29) is 28.7 Å². The van der Waals surface area contributed by atoms with Gasteiger partial charge in [-0.3, -0.25) is 9.88 Å². The maximum absolute atomic E-state index is 14.7. The van der Waals surface area contributed by atoms with Gasteiger partial charge in [0.05, 0.1) is 17.7 Å². The van der Waals surface area contributed by atoms with Gasteiger partial charge in [-0.15, -0.1) is 0 Å². The molecule has 1 saturated heterocycles. The zero-order chi connectivity index (χ0) is 26.8. The molecule has 1 aromatic carbocycles. The van der Waals surface area contributed by atoms with Gasteiger partial charge < -0.3 is 5.32 Å². The van der Waals surface area contributed by atoms with Crippen LogP contribution in [-0.4, -0.2) is 57.9 Å². The third-order valence-corrected chi connectivity index (χ3v) is 8.24. The van der Waals surface area contributed by atoms with Crippen molar-refractivity contribution in [3.63, 3.8) is 0 Å². The molecule has 4 heterocycles. The molecule has 1 fully saturated rings. The molecule has 0 atom stereocenters. The summed E-state index contributed by atoms with van der Waals surface area (Å²) in [4.78, 5) is 13.9. The van der Waals surface area contributed by atoms with Crippen LogP contribution in [0, 0.1) is 0 Å². The number of hydrogen-bond donors (Lipinski definition) is 1. The van der Waals surface area contributed by atoms with Gasteiger partial charge in [0.2, 0.25) is 10.0 Å². The van der Waals surface area contributed by atoms with Gasteiger partial charge in [-0.25, -0.2) is 26.7 Å². The average molecular weight is 545 g/mol. The number of alkyl halides is 3. The number of benzene rings is 1. The Labute approximate surface area is 218 Å². The summed E-state index contributed by atoms with van der Waals surface area (Å²) >= 11 is 0. The molecular formula is C26H27F3N6O2S. The Morgan fingerprint density at radius 3 is 2.42 bits per heavy atom. The Kier molecular flexibility index (Phi) is 7.35. The molecule has 0 amide bonds. The Morgan fingerprint density at radius 1 is 0.974 bits per heavy atom. The summed E-state index contributed by atoms with van der Waals surface area (Å²) in [5.74, 6) is -2.81. The van der Waals surface area contributed by atoms with Gasteiger partial charge in [-0.05, 0) is 30.5 Å². The maximum Gasteiger partial charge on any atom is 0.302 e. The molecule has 0 spiro atoms. The van der Waals surface area contributed by atoms with Crippen molar-refractivity contribution >= 4 is 26.9 Å². The second-order valence-electron chi connectivity index (χ2n) is 9.40. The van der Waals surface area contributed by atoms with E-state index in [0.717, 1.165) is 6.20 Å². The number of aromatic nitrogens is 4. The molecular weight excluding hydrogens is 517 g/mol. The van der Waals surface area contributed by atoms with E-state index in [0.29, 0.717) is 42.7 Å². The summed E-state index contributed by atoms with van der Waals surface area (Å²) in [6, 6.07) is 13.1. The van der Waals surface area contributed by atoms with E-state index in [9.17, 15) is 21.6 Å². The summed E-state index contributed by atoms with van der Waals surface area (Å²) in [6.45, 7) is -0.333. The normalized spacial score (nSPS) is 15.7. The number of piperidine rings is 1. The second kappa shape index (κ2) is 10.7. The van der Waals surface area contributed by atoms with E-state index >= 15 is 0 Å². The molecule has 0 bridgehead atoms. The van der Waals surface area contributed by atoms with Gasteiger partial charge in [0.1, 0.15) is 24.5 Å². The lowest BCUT2D eigenvalue weighted by atomic mass is 10.0. The predicted octanol–water partition coefficient (Wildman–Crippen LogP) is 4.34. The van der Waals surface area contributed by atoms with Gasteiger partial charge in [-0.2, -0.15) is 8.78 Å². The average Bonchev–Trinajstić information content (AvgIpc) is 3.36. The minimum absolute atomic E-state index is 0.0239. The molecule has 0 unspecified atom stereocenters. The zero-order valence-electron chi connectivity index (χ0n) is 20.5. The molecule has 12 heteroatoms. The second-order valence-corrected chi connectivity index (χ2v) is 11.2. The van der Waals surface area contributed by atoms with E-state index in [1.54, 1.807) is 35.2 Å². The molecule has 1 N–H and O–H groups in total. The van der Waals surface area contributed by atoms with Crippen LogP contribution in [0.15, 0.2) is 67.3 Å². The smallest absolute Gasteiger partial charge is 0.302 e. The fraction of sp³-hybridized carbons (Fsp3) is 0.346. The van der Waals surface area contributed by atoms with E-state index in [2.05, 4.69) is 20.3 Å². The first-order chi connectivity index (χ1) is 18.2. The highest BCUT2D eigenvalue weighted by molar-refractivity contribution is 7.89. The fourth-order valence-electron chi connectivity index (χ4n) is 4.63. The van der Waals surface area contributed by atoms with Crippen molar-refractivity contribution in [2.24, 2.45) is 0 Å². The topological polar surface area (TPSA) is 93.0 Å². The van der Waals surface area contributed by atoms with E-state index in [4.69, 9.17) is 0 Å². The van der Waals surface area contributed by atoms with Crippen molar-refractivity contribution < 1.29 is 21.6 Å². The van der Waals surface area contributed by atoms with E-state index in [1.165, 1.54) is 28.6 Å². The van der Waals surface area contributed by atoms with Crippen molar-refractivity contribution in [3.8, 4) is 0 Å². The Balaban J connectivity index is 1.23. The quantitative estimate of drug-likeness (QED) is 0.335. The third-order valence-electron chi connectivity index (χ3n) is 6.64. The third kappa shape index (κ3) is 5.65. The van der Waals surface area contributed by atoms with Gasteiger partial charge in [0.15, 0.2) is 5.65 Å². The number of nitrogens with one attached hydrogen (secondary N) is 1. The van der Waals surface area contributed by atoms with Crippen LogP contribution in [0.4, 0.5) is 19.0 Å². The zero-order valence-corrected chi connectivity index (χ0v) is 21.3. The summed E-state index contributed by atoms with van der Waals surface area (Å²) in [5.41, 5.74) is 0.845. The molecule has 38 heavy (non-hydrogen) atoms. The highest BCUT2D eigenvalue weighted by atomic mass is 32.2. The minimum atomic E-state index is -3.70. The van der Waals surface area contributed by atoms with Gasteiger partial charge in [0, 0.05) is 37.1 Å². The van der Waals surface area contributed by atoms with E-state index < -0.39 is 29.2 Å². The van der Waals surface area contributed by atoms with Crippen LogP contribution in [0.3, 0.4) is 0 Å². The fourth-order valence-corrected chi connectivity index (χ4v) is 6.04. The standard InChI is InChI=1S/C26H27F3N6O2S/c27-14-20-6-7-23(30-15-20)26(28,29)17-34-11-8-21(9-12-34)33-24-22-10-13-35(25(22)32-18-31-24)38(36,37)16-19-4-2-1-3-5-19/h1-7,10,13,15,18,21H,8-9,11-12,14,16-17H2,(H,31,32,33). The number of nitrogens with zero attached hydrogens (tertiary/aromatic N) is 5. The minimum Gasteiger partial charge on any atom is -0.367 e. The first-order valence-electron chi connectivity index (χ1n) is 12.2. The van der Waals surface area contributed by atoms with Crippen molar-refractivity contribution in [3.05, 3.63) is 84.1 Å². The van der Waals surface area contributed by atoms with Crippen LogP contribution in [-0.2, 0) is 28.4 Å². The van der Waals surface area contributed by atoms with Gasteiger partial charge in [0.25, 0.3) is 0 Å². The number of halogens is 3. The predicted molar refractivity (Wildman–Crippen MR) is 138 cm³/mol. The number of rotatable bonds is 9. The van der Waals surface area contributed by atoms with Crippen LogP contribution >= 0.6 is 0 Å². The lowest BCUT2D eigenvalue weighted by molar-refractivity contribution is -0.0458. The Bertz CT molecular complexity index is 1490. The SMILES string of the molecule is O=S(=O)(Cc1ccccc1)n1ccc2c(NC3CCN(CC(F)(F)c4ccc(CF)cn4)CC3)ncnc21. The monoisotopic (exact) mass is 544 g/mol. The maximum atomic E-state index is 14.7. The van der Waals surface area contributed by atoms with Gasteiger partial charge in [-0.1, -0.05) is 36.4 Å². The Hall–Kier alpha value is -3.51. The highest BCUT2D eigenvalue weighted by Crippen LogP contribution is 2.30. The largest absolute Gasteiger partial charge is 0.367 e. The van der Waals surface area contributed by atoms with Crippen LogP contribution in [0.2, 0.25) is 0 Å². The summed E-state index contributed by atoms with van der Waals surface area (Å²) in [6.07, 6.45) is 5.13. The highest BCUT2D eigenvalue weighted by Gasteiger charge is 2.36. The first-order valence-corrected chi connectivity index (χ1v) is 13.8. The van der Waals surface area contributed by atoms with Gasteiger partial charge >= 0.3 is 5.92 Å². The van der Waals surface area contributed by atoms with Crippen LogP contribution in [0.25, 0.3) is 11.0 Å². The molecule has 0 aliphatic carbocycles. The van der Waals surface area contributed by atoms with Crippen LogP contribution in [0.5, 0.6) is 0 Å². The Morgan fingerprint density at radius 2 is 1.74 bits per heavy atom. The summed E-state index contributed by atoms with van der Waals surface area (Å²) < 4.78 is 69.4. The number of fused-ring (bicyclic) bond motifs is 1. The van der Waals surface area contributed by atoms with Crippen LogP contribution < -0.4 is 5.32 Å². The molecule has 0 saturated carbocycles. The molecule has 1 aliphatic heterocycles. The molecule has 5 rings (SSSR count). The number of anilines is 1. The number of pyridine rings is 1. The lowest BCUT2D eigenvalue weighted by Gasteiger charge is -2.34. The molecule has 4 aromatic rings. The molecule has 200 valence electrons. The van der Waals surface area contributed by atoms with Crippen molar-refractivity contribution in [2.75, 3.05) is 25.0 Å². The van der Waals surface area contributed by atoms with Crippen molar-refractivity contribution in [2.45, 2.75) is 37.2 Å². The van der Waals surface area contributed by atoms with Crippen molar-refractivity contribution in [1.82, 2.24) is 23.8 Å². The lowest BCUT2D eigenvalue weighted by Crippen LogP contribution is -2.44.